The number of halogens is 1. The molecule has 2 rings (SSSR count). The van der Waals surface area contributed by atoms with Gasteiger partial charge in [-0.3, -0.25) is 0 Å². The van der Waals surface area contributed by atoms with Crippen LogP contribution in [0.1, 0.15) is 0 Å². The molecule has 4 heteroatoms. The lowest BCUT2D eigenvalue weighted by atomic mass is 10.2. The van der Waals surface area contributed by atoms with E-state index < -0.39 is 0 Å². The van der Waals surface area contributed by atoms with Crippen LogP contribution in [0.25, 0.3) is 11.3 Å². The first-order chi connectivity index (χ1) is 6.27. The third kappa shape index (κ3) is 1.51. The first-order valence-corrected chi connectivity index (χ1v) is 4.18. The predicted molar refractivity (Wildman–Crippen MR) is 51.9 cm³/mol. The third-order valence-electron chi connectivity index (χ3n) is 1.76. The Kier molecular flexibility index (Phi) is 1.94. The fourth-order valence-corrected chi connectivity index (χ4v) is 1.39. The number of aromatic nitrogens is 2. The van der Waals surface area contributed by atoms with Gasteiger partial charge in [-0.05, 0) is 6.07 Å². The van der Waals surface area contributed by atoms with Gasteiger partial charge in [-0.1, -0.05) is 29.8 Å². The van der Waals surface area contributed by atoms with Crippen LogP contribution in [0.3, 0.4) is 0 Å². The van der Waals surface area contributed by atoms with Gasteiger partial charge in [-0.15, -0.1) is 0 Å². The van der Waals surface area contributed by atoms with Crippen LogP contribution in [-0.4, -0.2) is 9.97 Å². The molecule has 0 aliphatic heterocycles. The number of H-pyrrole nitrogens is 2. The van der Waals surface area contributed by atoms with Gasteiger partial charge in [0.1, 0.15) is 0 Å². The summed E-state index contributed by atoms with van der Waals surface area (Å²) >= 11 is 5.93. The zero-order chi connectivity index (χ0) is 9.26. The Labute approximate surface area is 79.4 Å². The Balaban J connectivity index is 2.58. The molecule has 0 aliphatic rings. The lowest BCUT2D eigenvalue weighted by molar-refractivity contribution is 1.19. The third-order valence-corrected chi connectivity index (χ3v) is 2.09. The second-order valence-electron chi connectivity index (χ2n) is 2.64. The predicted octanol–water partition coefficient (Wildman–Crippen LogP) is 2.02. The number of imidazole rings is 1. The number of rotatable bonds is 1. The molecule has 1 aromatic heterocycles. The summed E-state index contributed by atoms with van der Waals surface area (Å²) in [5.74, 6) is 0. The van der Waals surface area contributed by atoms with Crippen molar-refractivity contribution in [2.24, 2.45) is 0 Å². The number of hydrogen-bond acceptors (Lipinski definition) is 1. The Morgan fingerprint density at radius 1 is 1.23 bits per heavy atom. The Hall–Kier alpha value is -1.48. The van der Waals surface area contributed by atoms with E-state index >= 15 is 0 Å². The molecule has 0 aliphatic carbocycles. The highest BCUT2D eigenvalue weighted by molar-refractivity contribution is 6.33. The summed E-state index contributed by atoms with van der Waals surface area (Å²) in [4.78, 5) is 16.0. The molecule has 1 aromatic carbocycles. The Bertz CT molecular complexity index is 472. The summed E-state index contributed by atoms with van der Waals surface area (Å²) in [5, 5.41) is 0.623. The summed E-state index contributed by atoms with van der Waals surface area (Å²) in [5.41, 5.74) is 1.30. The Morgan fingerprint density at radius 3 is 2.62 bits per heavy atom. The van der Waals surface area contributed by atoms with E-state index in [2.05, 4.69) is 9.97 Å². The van der Waals surface area contributed by atoms with Gasteiger partial charge in [0, 0.05) is 16.8 Å². The average Bonchev–Trinajstić information content (AvgIpc) is 2.53. The molecule has 0 unspecified atom stereocenters. The quantitative estimate of drug-likeness (QED) is 0.717. The maximum absolute atomic E-state index is 10.8. The number of nitrogens with one attached hydrogen (secondary N) is 2. The molecule has 0 saturated carbocycles. The van der Waals surface area contributed by atoms with E-state index in [9.17, 15) is 4.79 Å². The van der Waals surface area contributed by atoms with Crippen LogP contribution in [0.15, 0.2) is 35.3 Å². The Morgan fingerprint density at radius 2 is 2.00 bits per heavy atom. The zero-order valence-corrected chi connectivity index (χ0v) is 7.43. The van der Waals surface area contributed by atoms with E-state index in [1.807, 2.05) is 18.2 Å². The monoisotopic (exact) mass is 194 g/mol. The van der Waals surface area contributed by atoms with Crippen molar-refractivity contribution in [3.63, 3.8) is 0 Å². The molecule has 13 heavy (non-hydrogen) atoms. The average molecular weight is 195 g/mol. The van der Waals surface area contributed by atoms with Gasteiger partial charge >= 0.3 is 5.69 Å². The van der Waals surface area contributed by atoms with Gasteiger partial charge < -0.3 is 9.97 Å². The highest BCUT2D eigenvalue weighted by Crippen LogP contribution is 2.24. The lowest BCUT2D eigenvalue weighted by Crippen LogP contribution is -1.99. The van der Waals surface area contributed by atoms with Crippen LogP contribution in [0.5, 0.6) is 0 Å². The molecule has 2 aromatic rings. The van der Waals surface area contributed by atoms with E-state index in [4.69, 9.17) is 11.6 Å². The molecule has 3 nitrogen and oxygen atoms in total. The van der Waals surface area contributed by atoms with Crippen molar-refractivity contribution in [3.05, 3.63) is 46.0 Å². The van der Waals surface area contributed by atoms with Crippen molar-refractivity contribution in [2.75, 3.05) is 0 Å². The van der Waals surface area contributed by atoms with E-state index in [0.29, 0.717) is 10.7 Å². The molecule has 0 fully saturated rings. The summed E-state index contributed by atoms with van der Waals surface area (Å²) in [6, 6.07) is 7.34. The highest BCUT2D eigenvalue weighted by atomic mass is 35.5. The minimum Gasteiger partial charge on any atom is -0.312 e. The molecule has 2 N–H and O–H groups in total. The van der Waals surface area contributed by atoms with Crippen LogP contribution in [0, 0.1) is 0 Å². The van der Waals surface area contributed by atoms with Crippen molar-refractivity contribution in [1.82, 2.24) is 9.97 Å². The molecule has 0 spiro atoms. The van der Waals surface area contributed by atoms with Gasteiger partial charge in [-0.2, -0.15) is 0 Å². The van der Waals surface area contributed by atoms with Crippen LogP contribution >= 0.6 is 11.6 Å². The standard InChI is InChI=1S/C9H7ClN2O/c10-7-4-2-1-3-6(7)8-5-11-9(13)12-8/h1-5H,(H2,11,12,13). The van der Waals surface area contributed by atoms with Crippen LogP contribution in [0.2, 0.25) is 5.02 Å². The van der Waals surface area contributed by atoms with Crippen molar-refractivity contribution < 1.29 is 0 Å². The lowest BCUT2D eigenvalue weighted by Gasteiger charge is -1.98. The first kappa shape index (κ1) is 8.13. The van der Waals surface area contributed by atoms with Crippen molar-refractivity contribution in [2.45, 2.75) is 0 Å². The van der Waals surface area contributed by atoms with Crippen molar-refractivity contribution >= 4 is 11.6 Å². The van der Waals surface area contributed by atoms with Gasteiger partial charge in [0.2, 0.25) is 0 Å². The number of benzene rings is 1. The molecule has 66 valence electrons. The van der Waals surface area contributed by atoms with Crippen molar-refractivity contribution in [3.8, 4) is 11.3 Å². The second kappa shape index (κ2) is 3.11. The fraction of sp³-hybridized carbons (Fsp3) is 0. The van der Waals surface area contributed by atoms with E-state index in [1.165, 1.54) is 0 Å². The van der Waals surface area contributed by atoms with E-state index in [0.717, 1.165) is 5.56 Å². The summed E-state index contributed by atoms with van der Waals surface area (Å²) in [6.45, 7) is 0. The number of hydrogen-bond donors (Lipinski definition) is 2. The van der Waals surface area contributed by atoms with Gasteiger partial charge in [0.15, 0.2) is 0 Å². The fourth-order valence-electron chi connectivity index (χ4n) is 1.16. The van der Waals surface area contributed by atoms with Crippen LogP contribution < -0.4 is 5.69 Å². The second-order valence-corrected chi connectivity index (χ2v) is 3.04. The summed E-state index contributed by atoms with van der Waals surface area (Å²) in [6.07, 6.45) is 1.60. The minimum absolute atomic E-state index is 0.227. The van der Waals surface area contributed by atoms with Gasteiger partial charge in [0.05, 0.1) is 5.69 Å². The maximum Gasteiger partial charge on any atom is 0.323 e. The van der Waals surface area contributed by atoms with Crippen LogP contribution in [0.4, 0.5) is 0 Å². The molecule has 1 heterocycles. The maximum atomic E-state index is 10.8. The SMILES string of the molecule is O=c1[nH]cc(-c2ccccc2Cl)[nH]1. The topological polar surface area (TPSA) is 48.6 Å². The molecule has 0 amide bonds. The molecule has 0 radical (unpaired) electrons. The first-order valence-electron chi connectivity index (χ1n) is 3.80. The van der Waals surface area contributed by atoms with E-state index in [1.54, 1.807) is 12.3 Å². The summed E-state index contributed by atoms with van der Waals surface area (Å²) < 4.78 is 0. The highest BCUT2D eigenvalue weighted by Gasteiger charge is 2.03. The van der Waals surface area contributed by atoms with E-state index in [-0.39, 0.29) is 5.69 Å². The van der Waals surface area contributed by atoms with Crippen molar-refractivity contribution in [1.29, 1.82) is 0 Å². The smallest absolute Gasteiger partial charge is 0.312 e. The summed E-state index contributed by atoms with van der Waals surface area (Å²) in [7, 11) is 0. The molecule has 0 saturated heterocycles. The zero-order valence-electron chi connectivity index (χ0n) is 6.67. The van der Waals surface area contributed by atoms with Gasteiger partial charge in [-0.25, -0.2) is 4.79 Å². The number of aromatic amines is 2. The molecule has 0 atom stereocenters. The minimum atomic E-state index is -0.227. The largest absolute Gasteiger partial charge is 0.323 e. The molecule has 0 bridgehead atoms. The van der Waals surface area contributed by atoms with Gasteiger partial charge in [0.25, 0.3) is 0 Å². The normalized spacial score (nSPS) is 10.2. The van der Waals surface area contributed by atoms with Crippen LogP contribution in [-0.2, 0) is 0 Å². The molecular weight excluding hydrogens is 188 g/mol. The molecular formula is C9H7ClN2O.